The highest BCUT2D eigenvalue weighted by atomic mass is 32.2. The van der Waals surface area contributed by atoms with Crippen LogP contribution in [0.1, 0.15) is 33.5 Å². The molecule has 0 aliphatic rings. The first-order valence-electron chi connectivity index (χ1n) is 8.10. The summed E-state index contributed by atoms with van der Waals surface area (Å²) in [5.41, 5.74) is 3.43. The van der Waals surface area contributed by atoms with E-state index in [2.05, 4.69) is 15.5 Å². The number of methoxy groups -OCH3 is 1. The first kappa shape index (κ1) is 19.1. The van der Waals surface area contributed by atoms with Gasteiger partial charge in [0.1, 0.15) is 0 Å². The molecule has 0 heterocycles. The number of rotatable bonds is 8. The Bertz CT molecular complexity index is 814. The van der Waals surface area contributed by atoms with Crippen LogP contribution in [0, 0.1) is 6.92 Å². The van der Waals surface area contributed by atoms with E-state index >= 15 is 0 Å². The molecule has 0 atom stereocenters. The highest BCUT2D eigenvalue weighted by molar-refractivity contribution is 7.88. The molecule has 5 nitrogen and oxygen atoms in total. The summed E-state index contributed by atoms with van der Waals surface area (Å²) in [5.74, 6) is -0.553. The maximum absolute atomic E-state index is 12.1. The molecule has 25 heavy (non-hydrogen) atoms. The first-order valence-corrected chi connectivity index (χ1v) is 9.75. The van der Waals surface area contributed by atoms with Crippen LogP contribution in [0.15, 0.2) is 48.5 Å². The van der Waals surface area contributed by atoms with Crippen molar-refractivity contribution in [2.24, 2.45) is 0 Å². The number of benzene rings is 2. The summed E-state index contributed by atoms with van der Waals surface area (Å²) in [6, 6.07) is 14.6. The van der Waals surface area contributed by atoms with Crippen molar-refractivity contribution in [1.29, 1.82) is 0 Å². The minimum Gasteiger partial charge on any atom is -0.465 e. The second-order valence-corrected chi connectivity index (χ2v) is 7.74. The van der Waals surface area contributed by atoms with Gasteiger partial charge in [-0.05, 0) is 43.0 Å². The van der Waals surface area contributed by atoms with Crippen molar-refractivity contribution in [3.05, 3.63) is 70.8 Å². The van der Waals surface area contributed by atoms with Gasteiger partial charge in [0.2, 0.25) is 10.0 Å². The fourth-order valence-corrected chi connectivity index (χ4v) is 3.70. The molecule has 0 amide bonds. The van der Waals surface area contributed by atoms with Crippen LogP contribution in [0.4, 0.5) is 0 Å². The number of carbonyl (C=O) groups excluding carboxylic acids is 1. The van der Waals surface area contributed by atoms with E-state index in [1.54, 1.807) is 24.3 Å². The summed E-state index contributed by atoms with van der Waals surface area (Å²) in [6.45, 7) is 2.44. The molecule has 134 valence electrons. The van der Waals surface area contributed by atoms with Gasteiger partial charge in [0.25, 0.3) is 0 Å². The quantitative estimate of drug-likeness (QED) is 0.580. The number of hydrogen-bond donors (Lipinski definition) is 1. The number of sulfonamides is 1. The lowest BCUT2D eigenvalue weighted by Gasteiger charge is -2.08. The SMILES string of the molecule is COC(=O)c1ccc(CS(=O)(=O)NCCCc2cccc(C)c2)cc1. The lowest BCUT2D eigenvalue weighted by Crippen LogP contribution is -2.26. The van der Waals surface area contributed by atoms with Gasteiger partial charge < -0.3 is 4.74 Å². The van der Waals surface area contributed by atoms with Crippen LogP contribution in [-0.2, 0) is 26.9 Å². The molecule has 1 N–H and O–H groups in total. The van der Waals surface area contributed by atoms with E-state index in [4.69, 9.17) is 0 Å². The van der Waals surface area contributed by atoms with Crippen LogP contribution in [-0.4, -0.2) is 28.0 Å². The first-order chi connectivity index (χ1) is 11.9. The predicted octanol–water partition coefficient (Wildman–Crippen LogP) is 2.83. The third-order valence-electron chi connectivity index (χ3n) is 3.78. The number of aryl methyl sites for hydroxylation is 2. The molecule has 0 bridgehead atoms. The summed E-state index contributed by atoms with van der Waals surface area (Å²) in [6.07, 6.45) is 1.57. The molecule has 0 aliphatic heterocycles. The monoisotopic (exact) mass is 361 g/mol. The van der Waals surface area contributed by atoms with Gasteiger partial charge in [-0.2, -0.15) is 0 Å². The standard InChI is InChI=1S/C19H23NO4S/c1-15-5-3-6-16(13-15)7-4-12-20-25(22,23)14-17-8-10-18(11-9-17)19(21)24-2/h3,5-6,8-11,13,20H,4,7,12,14H2,1-2H3. The summed E-state index contributed by atoms with van der Waals surface area (Å²) >= 11 is 0. The maximum atomic E-state index is 12.1. The average molecular weight is 361 g/mol. The van der Waals surface area contributed by atoms with Gasteiger partial charge in [-0.25, -0.2) is 17.9 Å². The number of hydrogen-bond acceptors (Lipinski definition) is 4. The molecule has 6 heteroatoms. The molecule has 0 radical (unpaired) electrons. The molecule has 0 unspecified atom stereocenters. The van der Waals surface area contributed by atoms with Crippen molar-refractivity contribution in [1.82, 2.24) is 4.72 Å². The van der Waals surface area contributed by atoms with Crippen molar-refractivity contribution in [3.8, 4) is 0 Å². The van der Waals surface area contributed by atoms with Crippen LogP contribution >= 0.6 is 0 Å². The highest BCUT2D eigenvalue weighted by Crippen LogP contribution is 2.10. The van der Waals surface area contributed by atoms with E-state index in [0.717, 1.165) is 12.8 Å². The molecule has 0 fully saturated rings. The van der Waals surface area contributed by atoms with E-state index in [0.29, 0.717) is 17.7 Å². The fourth-order valence-electron chi connectivity index (χ4n) is 2.51. The van der Waals surface area contributed by atoms with E-state index in [-0.39, 0.29) is 5.75 Å². The molecule has 0 aromatic heterocycles. The van der Waals surface area contributed by atoms with E-state index in [1.165, 1.54) is 18.2 Å². The highest BCUT2D eigenvalue weighted by Gasteiger charge is 2.12. The topological polar surface area (TPSA) is 72.5 Å². The lowest BCUT2D eigenvalue weighted by atomic mass is 10.1. The van der Waals surface area contributed by atoms with Crippen molar-refractivity contribution in [2.75, 3.05) is 13.7 Å². The second kappa shape index (κ2) is 8.78. The molecule has 2 rings (SSSR count). The molecule has 2 aromatic carbocycles. The Morgan fingerprint density at radius 1 is 1.08 bits per heavy atom. The third kappa shape index (κ3) is 6.32. The van der Waals surface area contributed by atoms with Crippen LogP contribution in [0.5, 0.6) is 0 Å². The zero-order valence-electron chi connectivity index (χ0n) is 14.5. The molecule has 0 spiro atoms. The fraction of sp³-hybridized carbons (Fsp3) is 0.316. The van der Waals surface area contributed by atoms with E-state index < -0.39 is 16.0 Å². The van der Waals surface area contributed by atoms with Gasteiger partial charge in [0, 0.05) is 6.54 Å². The van der Waals surface area contributed by atoms with Crippen molar-refractivity contribution in [2.45, 2.75) is 25.5 Å². The zero-order chi connectivity index (χ0) is 18.3. The van der Waals surface area contributed by atoms with Crippen LogP contribution < -0.4 is 4.72 Å². The molecular weight excluding hydrogens is 338 g/mol. The largest absolute Gasteiger partial charge is 0.465 e. The minimum absolute atomic E-state index is 0.112. The van der Waals surface area contributed by atoms with Gasteiger partial charge in [-0.3, -0.25) is 0 Å². The van der Waals surface area contributed by atoms with Crippen molar-refractivity contribution in [3.63, 3.8) is 0 Å². The summed E-state index contributed by atoms with van der Waals surface area (Å²) in [7, 11) is -2.10. The average Bonchev–Trinajstić information content (AvgIpc) is 2.58. The Morgan fingerprint density at radius 2 is 1.80 bits per heavy atom. The van der Waals surface area contributed by atoms with Crippen molar-refractivity contribution < 1.29 is 17.9 Å². The number of carbonyl (C=O) groups is 1. The molecule has 0 saturated carbocycles. The Morgan fingerprint density at radius 3 is 2.44 bits per heavy atom. The Labute approximate surface area is 149 Å². The Balaban J connectivity index is 1.82. The lowest BCUT2D eigenvalue weighted by molar-refractivity contribution is 0.0600. The van der Waals surface area contributed by atoms with Crippen LogP contribution in [0.25, 0.3) is 0 Å². The smallest absolute Gasteiger partial charge is 0.337 e. The Hall–Kier alpha value is -2.18. The third-order valence-corrected chi connectivity index (χ3v) is 5.14. The van der Waals surface area contributed by atoms with Crippen LogP contribution in [0.3, 0.4) is 0 Å². The predicted molar refractivity (Wildman–Crippen MR) is 97.9 cm³/mol. The Kier molecular flexibility index (Phi) is 6.73. The van der Waals surface area contributed by atoms with Gasteiger partial charge in [-0.15, -0.1) is 0 Å². The zero-order valence-corrected chi connectivity index (χ0v) is 15.3. The van der Waals surface area contributed by atoms with Gasteiger partial charge in [0.05, 0.1) is 18.4 Å². The van der Waals surface area contributed by atoms with E-state index in [1.807, 2.05) is 25.1 Å². The van der Waals surface area contributed by atoms with E-state index in [9.17, 15) is 13.2 Å². The number of ether oxygens (including phenoxy) is 1. The van der Waals surface area contributed by atoms with Crippen molar-refractivity contribution >= 4 is 16.0 Å². The summed E-state index contributed by atoms with van der Waals surface area (Å²) < 4.78 is 31.5. The van der Waals surface area contributed by atoms with Crippen LogP contribution in [0.2, 0.25) is 0 Å². The molecule has 2 aromatic rings. The summed E-state index contributed by atoms with van der Waals surface area (Å²) in [4.78, 5) is 11.4. The summed E-state index contributed by atoms with van der Waals surface area (Å²) in [5, 5.41) is 0. The van der Waals surface area contributed by atoms with Gasteiger partial charge in [-0.1, -0.05) is 42.0 Å². The maximum Gasteiger partial charge on any atom is 0.337 e. The van der Waals surface area contributed by atoms with Gasteiger partial charge >= 0.3 is 5.97 Å². The number of nitrogens with one attached hydrogen (secondary N) is 1. The second-order valence-electron chi connectivity index (χ2n) is 5.93. The molecule has 0 aliphatic carbocycles. The number of esters is 1. The molecule has 0 saturated heterocycles. The normalized spacial score (nSPS) is 11.3. The van der Waals surface area contributed by atoms with Gasteiger partial charge in [0.15, 0.2) is 0 Å². The minimum atomic E-state index is -3.40. The molecular formula is C19H23NO4S.